The zero-order valence-corrected chi connectivity index (χ0v) is 18.1. The predicted molar refractivity (Wildman–Crippen MR) is 131 cm³/mol. The molecule has 1 heterocycles. The molecule has 0 spiro atoms. The Morgan fingerprint density at radius 3 is 2.00 bits per heavy atom. The van der Waals surface area contributed by atoms with Gasteiger partial charge in [0.1, 0.15) is 24.7 Å². The molecule has 3 aromatic rings. The minimum Gasteiger partial charge on any atom is -0.492 e. The first kappa shape index (κ1) is 21.3. The molecule has 0 bridgehead atoms. The zero-order valence-electron chi connectivity index (χ0n) is 18.1. The largest absolute Gasteiger partial charge is 0.492 e. The molecule has 0 radical (unpaired) electrons. The molecule has 4 rings (SSSR count). The van der Waals surface area contributed by atoms with Crippen molar-refractivity contribution in [2.75, 3.05) is 18.5 Å². The summed E-state index contributed by atoms with van der Waals surface area (Å²) in [6.45, 7) is 2.76. The Balaban J connectivity index is 1.18. The third-order valence-electron chi connectivity index (χ3n) is 5.03. The Morgan fingerprint density at radius 1 is 0.625 bits per heavy atom. The van der Waals surface area contributed by atoms with E-state index in [-0.39, 0.29) is 0 Å². The van der Waals surface area contributed by atoms with Crippen LogP contribution in [0.1, 0.15) is 11.1 Å². The van der Waals surface area contributed by atoms with Gasteiger partial charge >= 0.3 is 0 Å². The van der Waals surface area contributed by atoms with Crippen molar-refractivity contribution in [1.29, 1.82) is 0 Å². The molecule has 162 valence electrons. The van der Waals surface area contributed by atoms with E-state index in [0.29, 0.717) is 13.2 Å². The third kappa shape index (κ3) is 6.81. The van der Waals surface area contributed by atoms with Crippen LogP contribution in [0.25, 0.3) is 0 Å². The van der Waals surface area contributed by atoms with Crippen molar-refractivity contribution >= 4 is 5.69 Å². The molecule has 0 amide bonds. The molecular formula is C28H28N2O2. The highest BCUT2D eigenvalue weighted by Gasteiger charge is 2.00. The first-order chi connectivity index (χ1) is 15.8. The Hall–Kier alpha value is -3.92. The van der Waals surface area contributed by atoms with Gasteiger partial charge in [-0.3, -0.25) is 0 Å². The number of nitrogens with one attached hydrogen (secondary N) is 1. The molecule has 32 heavy (non-hydrogen) atoms. The summed E-state index contributed by atoms with van der Waals surface area (Å²) >= 11 is 0. The maximum atomic E-state index is 5.87. The van der Waals surface area contributed by atoms with Crippen molar-refractivity contribution in [3.63, 3.8) is 0 Å². The van der Waals surface area contributed by atoms with E-state index < -0.39 is 0 Å². The number of hydrogen-bond donors (Lipinski definition) is 1. The minimum absolute atomic E-state index is 0.574. The molecule has 0 aliphatic carbocycles. The summed E-state index contributed by atoms with van der Waals surface area (Å²) in [7, 11) is 0. The van der Waals surface area contributed by atoms with E-state index in [1.165, 1.54) is 5.56 Å². The molecule has 0 fully saturated rings. The van der Waals surface area contributed by atoms with E-state index in [2.05, 4.69) is 34.5 Å². The summed E-state index contributed by atoms with van der Waals surface area (Å²) in [4.78, 5) is 2.11. The summed E-state index contributed by atoms with van der Waals surface area (Å²) < 4.78 is 11.7. The number of ether oxygens (including phenoxy) is 2. The Labute approximate surface area is 190 Å². The van der Waals surface area contributed by atoms with E-state index in [1.807, 2.05) is 91.3 Å². The van der Waals surface area contributed by atoms with Gasteiger partial charge in [0.25, 0.3) is 0 Å². The van der Waals surface area contributed by atoms with Gasteiger partial charge in [-0.05, 0) is 59.7 Å². The lowest BCUT2D eigenvalue weighted by Crippen LogP contribution is -2.17. The van der Waals surface area contributed by atoms with Crippen molar-refractivity contribution in [3.05, 3.63) is 127 Å². The fourth-order valence-electron chi connectivity index (χ4n) is 3.23. The molecule has 1 aliphatic rings. The highest BCUT2D eigenvalue weighted by atomic mass is 16.5. The average molecular weight is 425 g/mol. The van der Waals surface area contributed by atoms with Gasteiger partial charge in [-0.1, -0.05) is 54.6 Å². The van der Waals surface area contributed by atoms with Crippen LogP contribution < -0.4 is 14.8 Å². The second kappa shape index (κ2) is 11.5. The van der Waals surface area contributed by atoms with E-state index in [9.17, 15) is 0 Å². The van der Waals surface area contributed by atoms with E-state index in [1.54, 1.807) is 0 Å². The summed E-state index contributed by atoms with van der Waals surface area (Å²) in [5.74, 6) is 1.75. The zero-order chi connectivity index (χ0) is 21.8. The summed E-state index contributed by atoms with van der Waals surface area (Å²) in [5.41, 5.74) is 3.42. The van der Waals surface area contributed by atoms with Gasteiger partial charge < -0.3 is 19.7 Å². The van der Waals surface area contributed by atoms with Gasteiger partial charge in [-0.15, -0.1) is 0 Å². The summed E-state index contributed by atoms with van der Waals surface area (Å²) in [5, 5.41) is 3.45. The molecule has 0 saturated heterocycles. The van der Waals surface area contributed by atoms with Crippen molar-refractivity contribution in [2.45, 2.75) is 13.2 Å². The van der Waals surface area contributed by atoms with Crippen LogP contribution >= 0.6 is 0 Å². The standard InChI is InChI=1S/C28H28N2O2/c1-2-7-19-30(18-6-1)20-21-31-27-14-10-24(11-15-27)22-29-26-12-16-28(17-13-26)32-23-25-8-4-3-5-9-25/h1-19,29H,20-23H2. The smallest absolute Gasteiger partial charge is 0.119 e. The number of benzene rings is 3. The van der Waals surface area contributed by atoms with Crippen molar-refractivity contribution in [2.24, 2.45) is 0 Å². The highest BCUT2D eigenvalue weighted by Crippen LogP contribution is 2.19. The van der Waals surface area contributed by atoms with Crippen molar-refractivity contribution in [3.8, 4) is 11.5 Å². The highest BCUT2D eigenvalue weighted by molar-refractivity contribution is 5.47. The molecule has 4 heteroatoms. The van der Waals surface area contributed by atoms with Crippen LogP contribution in [0, 0.1) is 0 Å². The lowest BCUT2D eigenvalue weighted by atomic mass is 10.2. The van der Waals surface area contributed by atoms with Crippen LogP contribution in [-0.4, -0.2) is 18.1 Å². The van der Waals surface area contributed by atoms with E-state index in [4.69, 9.17) is 9.47 Å². The number of rotatable bonds is 10. The molecular weight excluding hydrogens is 396 g/mol. The van der Waals surface area contributed by atoms with Gasteiger partial charge in [-0.2, -0.15) is 0 Å². The monoisotopic (exact) mass is 424 g/mol. The van der Waals surface area contributed by atoms with Crippen LogP contribution in [0.15, 0.2) is 116 Å². The van der Waals surface area contributed by atoms with Gasteiger partial charge in [0, 0.05) is 24.6 Å². The molecule has 0 atom stereocenters. The fraction of sp³-hybridized carbons (Fsp3) is 0.143. The molecule has 1 N–H and O–H groups in total. The number of hydrogen-bond acceptors (Lipinski definition) is 4. The lowest BCUT2D eigenvalue weighted by molar-refractivity contribution is 0.284. The Bertz CT molecular complexity index is 1020. The second-order valence-corrected chi connectivity index (χ2v) is 7.45. The maximum absolute atomic E-state index is 5.87. The van der Waals surface area contributed by atoms with Crippen LogP contribution in [0.5, 0.6) is 11.5 Å². The predicted octanol–water partition coefficient (Wildman–Crippen LogP) is 6.16. The Morgan fingerprint density at radius 2 is 1.28 bits per heavy atom. The van der Waals surface area contributed by atoms with Crippen LogP contribution in [0.2, 0.25) is 0 Å². The SMILES string of the molecule is C1=CC=CN(CCOc2ccc(CNc3ccc(OCc4ccccc4)cc3)cc2)C=C1. The summed E-state index contributed by atoms with van der Waals surface area (Å²) in [6, 6.07) is 26.5. The number of anilines is 1. The van der Waals surface area contributed by atoms with E-state index >= 15 is 0 Å². The topological polar surface area (TPSA) is 33.7 Å². The fourth-order valence-corrected chi connectivity index (χ4v) is 3.23. The van der Waals surface area contributed by atoms with Gasteiger partial charge in [0.15, 0.2) is 0 Å². The van der Waals surface area contributed by atoms with Crippen LogP contribution in [0.4, 0.5) is 5.69 Å². The third-order valence-corrected chi connectivity index (χ3v) is 5.03. The van der Waals surface area contributed by atoms with Gasteiger partial charge in [0.05, 0.1) is 6.54 Å². The second-order valence-electron chi connectivity index (χ2n) is 7.45. The maximum Gasteiger partial charge on any atom is 0.119 e. The van der Waals surface area contributed by atoms with E-state index in [0.717, 1.165) is 35.8 Å². The summed E-state index contributed by atoms with van der Waals surface area (Å²) in [6.07, 6.45) is 12.1. The number of nitrogens with zero attached hydrogens (tertiary/aromatic N) is 1. The average Bonchev–Trinajstić information content (AvgIpc) is 3.12. The lowest BCUT2D eigenvalue weighted by Gasteiger charge is -2.15. The van der Waals surface area contributed by atoms with Crippen LogP contribution in [-0.2, 0) is 13.2 Å². The number of allylic oxidation sites excluding steroid dienone is 4. The van der Waals surface area contributed by atoms with Crippen molar-refractivity contribution in [1.82, 2.24) is 4.90 Å². The molecule has 1 aliphatic heterocycles. The Kier molecular flexibility index (Phi) is 7.64. The molecule has 0 saturated carbocycles. The van der Waals surface area contributed by atoms with Crippen LogP contribution in [0.3, 0.4) is 0 Å². The normalized spacial score (nSPS) is 12.4. The van der Waals surface area contributed by atoms with Crippen molar-refractivity contribution < 1.29 is 9.47 Å². The first-order valence-corrected chi connectivity index (χ1v) is 10.8. The first-order valence-electron chi connectivity index (χ1n) is 10.8. The molecule has 0 aromatic heterocycles. The van der Waals surface area contributed by atoms with Gasteiger partial charge in [-0.25, -0.2) is 0 Å². The molecule has 0 unspecified atom stereocenters. The van der Waals surface area contributed by atoms with Gasteiger partial charge in [0.2, 0.25) is 0 Å². The molecule has 4 nitrogen and oxygen atoms in total. The minimum atomic E-state index is 0.574. The quantitative estimate of drug-likeness (QED) is 0.423. The molecule has 3 aromatic carbocycles.